The van der Waals surface area contributed by atoms with Crippen LogP contribution in [0.3, 0.4) is 0 Å². The first-order valence-corrected chi connectivity index (χ1v) is 7.98. The Morgan fingerprint density at radius 3 is 2.73 bits per heavy atom. The van der Waals surface area contributed by atoms with Crippen molar-refractivity contribution in [3.63, 3.8) is 0 Å². The molecule has 1 fully saturated rings. The highest BCUT2D eigenvalue weighted by molar-refractivity contribution is 7.80. The lowest BCUT2D eigenvalue weighted by Gasteiger charge is -2.26. The summed E-state index contributed by atoms with van der Waals surface area (Å²) < 4.78 is 0. The van der Waals surface area contributed by atoms with Crippen molar-refractivity contribution in [2.45, 2.75) is 13.3 Å². The molecule has 1 aliphatic rings. The van der Waals surface area contributed by atoms with Gasteiger partial charge in [-0.25, -0.2) is 0 Å². The van der Waals surface area contributed by atoms with Gasteiger partial charge >= 0.3 is 0 Å². The van der Waals surface area contributed by atoms with Crippen molar-refractivity contribution in [2.75, 3.05) is 31.1 Å². The smallest absolute Gasteiger partial charge is 0.116 e. The van der Waals surface area contributed by atoms with Crippen LogP contribution in [0.25, 0.3) is 0 Å². The van der Waals surface area contributed by atoms with E-state index in [2.05, 4.69) is 21.9 Å². The molecule has 22 heavy (non-hydrogen) atoms. The van der Waals surface area contributed by atoms with E-state index in [4.69, 9.17) is 29.6 Å². The van der Waals surface area contributed by atoms with Gasteiger partial charge in [0.05, 0.1) is 0 Å². The molecule has 0 amide bonds. The molecule has 1 saturated heterocycles. The summed E-state index contributed by atoms with van der Waals surface area (Å²) in [5.74, 6) is 0. The Labute approximate surface area is 141 Å². The van der Waals surface area contributed by atoms with Gasteiger partial charge in [0.25, 0.3) is 0 Å². The zero-order chi connectivity index (χ0) is 16.1. The highest BCUT2D eigenvalue weighted by Gasteiger charge is 2.18. The Hall–Kier alpha value is -1.77. The molecule has 1 aromatic rings. The monoisotopic (exact) mass is 334 g/mol. The molecular formula is C16H19ClN4S. The number of thiocarbonyl (C=S) groups is 1. The summed E-state index contributed by atoms with van der Waals surface area (Å²) in [4.78, 5) is 4.66. The Kier molecular flexibility index (Phi) is 5.64. The van der Waals surface area contributed by atoms with E-state index in [1.165, 1.54) is 0 Å². The van der Waals surface area contributed by atoms with E-state index in [0.717, 1.165) is 49.0 Å². The second-order valence-corrected chi connectivity index (χ2v) is 6.12. The van der Waals surface area contributed by atoms with Gasteiger partial charge in [-0.1, -0.05) is 29.9 Å². The van der Waals surface area contributed by atoms with Gasteiger partial charge < -0.3 is 15.5 Å². The van der Waals surface area contributed by atoms with Crippen molar-refractivity contribution in [3.8, 4) is 6.07 Å². The first kappa shape index (κ1) is 16.6. The minimum atomic E-state index is 0.163. The van der Waals surface area contributed by atoms with Crippen LogP contribution in [0.4, 0.5) is 5.69 Å². The molecule has 6 heteroatoms. The van der Waals surface area contributed by atoms with Gasteiger partial charge in [0.2, 0.25) is 0 Å². The molecule has 0 unspecified atom stereocenters. The number of anilines is 1. The zero-order valence-electron chi connectivity index (χ0n) is 12.6. The van der Waals surface area contributed by atoms with E-state index in [-0.39, 0.29) is 4.99 Å². The number of nitrogens with two attached hydrogens (primary N) is 1. The normalized spacial score (nSPS) is 16.6. The van der Waals surface area contributed by atoms with Crippen molar-refractivity contribution in [2.24, 2.45) is 5.73 Å². The number of hydrogen-bond donors (Lipinski definition) is 1. The van der Waals surface area contributed by atoms with Crippen LogP contribution in [-0.2, 0) is 0 Å². The van der Waals surface area contributed by atoms with Crippen LogP contribution < -0.4 is 10.6 Å². The third-order valence-electron chi connectivity index (χ3n) is 3.86. The number of halogens is 1. The minimum absolute atomic E-state index is 0.163. The van der Waals surface area contributed by atoms with Gasteiger partial charge in [-0.15, -0.1) is 0 Å². The molecule has 0 saturated carbocycles. The van der Waals surface area contributed by atoms with E-state index in [1.807, 2.05) is 25.1 Å². The Morgan fingerprint density at radius 2 is 2.09 bits per heavy atom. The molecule has 0 aliphatic carbocycles. The van der Waals surface area contributed by atoms with Crippen LogP contribution in [0.5, 0.6) is 0 Å². The number of allylic oxidation sites excluding steroid dienone is 1. The zero-order valence-corrected chi connectivity index (χ0v) is 14.1. The number of benzene rings is 1. The molecule has 0 spiro atoms. The topological polar surface area (TPSA) is 56.3 Å². The third kappa shape index (κ3) is 3.90. The van der Waals surface area contributed by atoms with E-state index in [1.54, 1.807) is 0 Å². The number of nitrogens with zero attached hydrogens (tertiary/aromatic N) is 3. The Bertz CT molecular complexity index is 635. The quantitative estimate of drug-likeness (QED) is 0.523. The molecule has 0 bridgehead atoms. The van der Waals surface area contributed by atoms with Crippen LogP contribution in [-0.4, -0.2) is 36.1 Å². The number of hydrogen-bond acceptors (Lipinski definition) is 4. The maximum absolute atomic E-state index is 9.20. The van der Waals surface area contributed by atoms with Crippen LogP contribution >= 0.6 is 23.8 Å². The van der Waals surface area contributed by atoms with Crippen molar-refractivity contribution >= 4 is 34.5 Å². The summed E-state index contributed by atoms with van der Waals surface area (Å²) >= 11 is 11.0. The van der Waals surface area contributed by atoms with E-state index < -0.39 is 0 Å². The summed E-state index contributed by atoms with van der Waals surface area (Å²) in [6, 6.07) is 10.0. The molecule has 1 heterocycles. The minimum Gasteiger partial charge on any atom is -0.389 e. The summed E-state index contributed by atoms with van der Waals surface area (Å²) in [6.07, 6.45) is 1.000. The lowest BCUT2D eigenvalue weighted by molar-refractivity contribution is 0.369. The summed E-state index contributed by atoms with van der Waals surface area (Å²) in [7, 11) is 0. The summed E-state index contributed by atoms with van der Waals surface area (Å²) in [5.41, 5.74) is 8.03. The third-order valence-corrected chi connectivity index (χ3v) is 4.30. The van der Waals surface area contributed by atoms with Crippen molar-refractivity contribution in [1.29, 1.82) is 5.26 Å². The molecular weight excluding hydrogens is 316 g/mol. The molecule has 0 atom stereocenters. The fraction of sp³-hybridized carbons (Fsp3) is 0.375. The predicted molar refractivity (Wildman–Crippen MR) is 95.0 cm³/mol. The fourth-order valence-corrected chi connectivity index (χ4v) is 3.03. The largest absolute Gasteiger partial charge is 0.389 e. The fourth-order valence-electron chi connectivity index (χ4n) is 2.66. The summed E-state index contributed by atoms with van der Waals surface area (Å²) in [5, 5.41) is 9.95. The average molecular weight is 335 g/mol. The molecule has 1 aromatic carbocycles. The lowest BCUT2D eigenvalue weighted by atomic mass is 10.2. The van der Waals surface area contributed by atoms with E-state index in [0.29, 0.717) is 5.57 Å². The number of rotatable bonds is 3. The lowest BCUT2D eigenvalue weighted by Crippen LogP contribution is -2.31. The average Bonchev–Trinajstić information content (AvgIpc) is 2.73. The van der Waals surface area contributed by atoms with E-state index in [9.17, 15) is 5.26 Å². The number of nitriles is 1. The van der Waals surface area contributed by atoms with Gasteiger partial charge in [0, 0.05) is 42.6 Å². The second kappa shape index (κ2) is 7.48. The Balaban J connectivity index is 2.13. The van der Waals surface area contributed by atoms with Gasteiger partial charge in [-0.2, -0.15) is 5.26 Å². The highest BCUT2D eigenvalue weighted by atomic mass is 35.5. The van der Waals surface area contributed by atoms with Crippen LogP contribution in [0.15, 0.2) is 35.5 Å². The van der Waals surface area contributed by atoms with Crippen molar-refractivity contribution in [1.82, 2.24) is 4.90 Å². The van der Waals surface area contributed by atoms with E-state index >= 15 is 0 Å². The molecule has 4 nitrogen and oxygen atoms in total. The first-order chi connectivity index (χ1) is 10.5. The molecule has 2 N–H and O–H groups in total. The predicted octanol–water partition coefficient (Wildman–Crippen LogP) is 2.94. The Morgan fingerprint density at radius 1 is 1.32 bits per heavy atom. The van der Waals surface area contributed by atoms with Crippen LogP contribution in [0.2, 0.25) is 5.02 Å². The molecule has 0 radical (unpaired) electrons. The molecule has 2 rings (SSSR count). The van der Waals surface area contributed by atoms with Gasteiger partial charge in [0.15, 0.2) is 0 Å². The standard InChI is InChI=1S/C16H19ClN4S/c1-12(15(11-18)16(19)22)20-6-3-7-21(9-8-20)14-5-2-4-13(17)10-14/h2,4-5,10H,3,6-9H2,1H3,(H2,19,22). The SMILES string of the molecule is CC(=C(C#N)C(N)=S)N1CCCN(c2cccc(Cl)c2)CC1. The first-order valence-electron chi connectivity index (χ1n) is 7.19. The van der Waals surface area contributed by atoms with Crippen LogP contribution in [0, 0.1) is 11.3 Å². The van der Waals surface area contributed by atoms with Crippen LogP contribution in [0.1, 0.15) is 13.3 Å². The second-order valence-electron chi connectivity index (χ2n) is 5.24. The van der Waals surface area contributed by atoms with Gasteiger partial charge in [0.1, 0.15) is 16.6 Å². The molecule has 116 valence electrons. The van der Waals surface area contributed by atoms with Gasteiger partial charge in [-0.05, 0) is 31.5 Å². The summed E-state index contributed by atoms with van der Waals surface area (Å²) in [6.45, 7) is 5.45. The maximum Gasteiger partial charge on any atom is 0.116 e. The van der Waals surface area contributed by atoms with Gasteiger partial charge in [-0.3, -0.25) is 0 Å². The van der Waals surface area contributed by atoms with Crippen molar-refractivity contribution < 1.29 is 0 Å². The van der Waals surface area contributed by atoms with Crippen molar-refractivity contribution in [3.05, 3.63) is 40.6 Å². The molecule has 0 aromatic heterocycles. The highest BCUT2D eigenvalue weighted by Crippen LogP contribution is 2.22. The maximum atomic E-state index is 9.20. The molecule has 1 aliphatic heterocycles.